The van der Waals surface area contributed by atoms with E-state index in [1.165, 1.54) is 0 Å². The lowest BCUT2D eigenvalue weighted by molar-refractivity contribution is 0.0292. The molecular weight excluding hydrogens is 548 g/mol. The average molecular weight is 582 g/mol. The minimum absolute atomic E-state index is 0.0452. The van der Waals surface area contributed by atoms with Gasteiger partial charge in [-0.2, -0.15) is 9.97 Å². The number of hydrogen-bond acceptors (Lipinski definition) is 7. The monoisotopic (exact) mass is 581 g/mol. The second-order valence-corrected chi connectivity index (χ2v) is 12.3. The van der Waals surface area contributed by atoms with Gasteiger partial charge in [0.1, 0.15) is 29.7 Å². The minimum atomic E-state index is -0.869. The maximum atomic E-state index is 15.2. The van der Waals surface area contributed by atoms with E-state index in [-0.39, 0.29) is 35.8 Å². The van der Waals surface area contributed by atoms with Gasteiger partial charge in [0.05, 0.1) is 10.0 Å². The third-order valence-electron chi connectivity index (χ3n) is 7.65. The minimum Gasteiger partial charge on any atom is -0.461 e. The Morgan fingerprint density at radius 1 is 1.27 bits per heavy atom. The third-order valence-corrected chi connectivity index (χ3v) is 8.26. The van der Waals surface area contributed by atoms with Crippen LogP contribution in [0.25, 0.3) is 10.9 Å². The van der Waals surface area contributed by atoms with Gasteiger partial charge >= 0.3 is 12.1 Å². The van der Waals surface area contributed by atoms with Crippen molar-refractivity contribution < 1.29 is 23.0 Å². The third kappa shape index (κ3) is 5.21. The molecule has 11 heteroatoms. The lowest BCUT2D eigenvalue weighted by Gasteiger charge is -2.31. The number of aromatic nitrogens is 2. The highest BCUT2D eigenvalue weighted by Gasteiger charge is 2.49. The number of amides is 1. The largest absolute Gasteiger partial charge is 0.461 e. The van der Waals surface area contributed by atoms with Crippen molar-refractivity contribution in [1.82, 2.24) is 19.8 Å². The van der Waals surface area contributed by atoms with Crippen molar-refractivity contribution in [2.75, 3.05) is 44.7 Å². The van der Waals surface area contributed by atoms with Crippen LogP contribution in [0.4, 0.5) is 19.4 Å². The van der Waals surface area contributed by atoms with Crippen LogP contribution >= 0.6 is 15.9 Å². The number of ether oxygens (including phenoxy) is 2. The Kier molecular flexibility index (Phi) is 6.97. The molecule has 4 heterocycles. The van der Waals surface area contributed by atoms with Gasteiger partial charge in [-0.25, -0.2) is 13.6 Å². The molecule has 0 radical (unpaired) electrons. The molecule has 1 amide bonds. The number of hydrogen-bond donors (Lipinski definition) is 0. The van der Waals surface area contributed by atoms with Crippen molar-refractivity contribution in [1.29, 1.82) is 0 Å². The Labute approximate surface area is 224 Å². The quantitative estimate of drug-likeness (QED) is 0.495. The van der Waals surface area contributed by atoms with E-state index in [1.54, 1.807) is 17.0 Å². The molecule has 8 nitrogen and oxygen atoms in total. The van der Waals surface area contributed by atoms with E-state index in [1.807, 2.05) is 32.7 Å². The van der Waals surface area contributed by atoms with E-state index in [0.29, 0.717) is 48.2 Å². The van der Waals surface area contributed by atoms with E-state index in [4.69, 9.17) is 14.5 Å². The van der Waals surface area contributed by atoms with Crippen LogP contribution < -0.4 is 9.64 Å². The van der Waals surface area contributed by atoms with Gasteiger partial charge in [-0.1, -0.05) is 0 Å². The molecule has 37 heavy (non-hydrogen) atoms. The first-order valence-corrected chi connectivity index (χ1v) is 13.6. The Hall–Kier alpha value is -2.27. The maximum absolute atomic E-state index is 15.2. The molecule has 1 aromatic heterocycles. The molecule has 2 aromatic rings. The maximum Gasteiger partial charge on any atom is 0.410 e. The van der Waals surface area contributed by atoms with Crippen molar-refractivity contribution in [2.24, 2.45) is 0 Å². The molecule has 0 saturated carbocycles. The number of halogens is 3. The van der Waals surface area contributed by atoms with E-state index < -0.39 is 17.6 Å². The second kappa shape index (κ2) is 9.80. The number of likely N-dealkylation sites (tertiary alicyclic amines) is 1. The van der Waals surface area contributed by atoms with Crippen LogP contribution in [-0.2, 0) is 4.74 Å². The Morgan fingerprint density at radius 2 is 2.05 bits per heavy atom. The highest BCUT2D eigenvalue weighted by Crippen LogP contribution is 2.40. The van der Waals surface area contributed by atoms with Crippen molar-refractivity contribution >= 4 is 38.7 Å². The molecule has 1 aromatic carbocycles. The Morgan fingerprint density at radius 3 is 2.81 bits per heavy atom. The fraction of sp³-hybridized carbons (Fsp3) is 0.654. The zero-order valence-electron chi connectivity index (χ0n) is 21.8. The summed E-state index contributed by atoms with van der Waals surface area (Å²) in [4.78, 5) is 27.5. The summed E-state index contributed by atoms with van der Waals surface area (Å²) in [5.41, 5.74) is -0.783. The molecule has 3 saturated heterocycles. The van der Waals surface area contributed by atoms with E-state index in [9.17, 15) is 9.18 Å². The molecule has 0 unspecified atom stereocenters. The zero-order valence-corrected chi connectivity index (χ0v) is 23.4. The molecule has 5 rings (SSSR count). The molecule has 3 fully saturated rings. The Balaban J connectivity index is 1.41. The molecule has 0 aliphatic carbocycles. The first-order chi connectivity index (χ1) is 17.5. The van der Waals surface area contributed by atoms with Crippen LogP contribution in [0.15, 0.2) is 16.6 Å². The van der Waals surface area contributed by atoms with Crippen molar-refractivity contribution in [3.63, 3.8) is 0 Å². The summed E-state index contributed by atoms with van der Waals surface area (Å²) >= 11 is 3.26. The van der Waals surface area contributed by atoms with Gasteiger partial charge in [-0.05, 0) is 74.6 Å². The first-order valence-electron chi connectivity index (χ1n) is 12.8. The van der Waals surface area contributed by atoms with Gasteiger partial charge in [0.15, 0.2) is 5.82 Å². The summed E-state index contributed by atoms with van der Waals surface area (Å²) in [7, 11) is 1.89. The molecule has 3 aliphatic heterocycles. The standard InChI is InChI=1S/C26H34BrF2N5O3/c1-25(2,3)37-24(35)33-11-8-17(14-33)32(4)22-18-6-7-19(27)20(29)21(18)30-23(31-22)36-15-26-9-5-10-34(26)13-16(28)12-26/h6-7,16-17H,5,8-15H2,1-4H3/t16-,17-,26+/m1/s1. The number of benzene rings is 1. The average Bonchev–Trinajstić information content (AvgIpc) is 3.53. The number of anilines is 1. The molecule has 0 N–H and O–H groups in total. The van der Waals surface area contributed by atoms with Gasteiger partial charge in [-0.15, -0.1) is 0 Å². The van der Waals surface area contributed by atoms with Gasteiger partial charge in [0.2, 0.25) is 0 Å². The number of carbonyl (C=O) groups is 1. The van der Waals surface area contributed by atoms with Crippen LogP contribution in [0.2, 0.25) is 0 Å². The van der Waals surface area contributed by atoms with Gasteiger partial charge in [0, 0.05) is 44.5 Å². The van der Waals surface area contributed by atoms with Crippen molar-refractivity contribution in [3.8, 4) is 6.01 Å². The first kappa shape index (κ1) is 26.3. The highest BCUT2D eigenvalue weighted by molar-refractivity contribution is 9.10. The lowest BCUT2D eigenvalue weighted by atomic mass is 9.95. The summed E-state index contributed by atoms with van der Waals surface area (Å²) in [6.07, 6.45) is 1.78. The van der Waals surface area contributed by atoms with E-state index in [2.05, 4.69) is 25.8 Å². The molecular formula is C26H34BrF2N5O3. The molecule has 3 atom stereocenters. The number of rotatable bonds is 5. The topological polar surface area (TPSA) is 71.0 Å². The van der Waals surface area contributed by atoms with Crippen molar-refractivity contribution in [2.45, 2.75) is 69.8 Å². The molecule has 0 bridgehead atoms. The summed E-state index contributed by atoms with van der Waals surface area (Å²) in [6.45, 7) is 8.08. The fourth-order valence-corrected chi connectivity index (χ4v) is 6.13. The lowest BCUT2D eigenvalue weighted by Crippen LogP contribution is -2.43. The summed E-state index contributed by atoms with van der Waals surface area (Å²) < 4.78 is 41.3. The van der Waals surface area contributed by atoms with Crippen LogP contribution in [0, 0.1) is 5.82 Å². The van der Waals surface area contributed by atoms with Gasteiger partial charge in [-0.3, -0.25) is 4.90 Å². The summed E-state index contributed by atoms with van der Waals surface area (Å²) in [5, 5.41) is 0.552. The molecule has 3 aliphatic rings. The normalized spacial score (nSPS) is 26.1. The summed E-state index contributed by atoms with van der Waals surface area (Å²) in [6, 6.07) is 3.43. The smallest absolute Gasteiger partial charge is 0.410 e. The van der Waals surface area contributed by atoms with Crippen molar-refractivity contribution in [3.05, 3.63) is 22.4 Å². The van der Waals surface area contributed by atoms with E-state index >= 15 is 4.39 Å². The zero-order chi connectivity index (χ0) is 26.5. The number of likely N-dealkylation sites (N-methyl/N-ethyl adjacent to an activating group) is 1. The van der Waals surface area contributed by atoms with Crippen LogP contribution in [0.1, 0.15) is 46.5 Å². The van der Waals surface area contributed by atoms with Crippen LogP contribution in [0.5, 0.6) is 6.01 Å². The van der Waals surface area contributed by atoms with Gasteiger partial charge < -0.3 is 19.3 Å². The number of nitrogens with zero attached hydrogens (tertiary/aromatic N) is 5. The SMILES string of the molecule is CN(c1nc(OC[C@@]23CCCN2C[C@H](F)C3)nc2c(F)c(Br)ccc12)[C@@H]1CCN(C(=O)OC(C)(C)C)C1. The molecule has 202 valence electrons. The predicted molar refractivity (Wildman–Crippen MR) is 140 cm³/mol. The van der Waals surface area contributed by atoms with Gasteiger partial charge in [0.25, 0.3) is 0 Å². The molecule has 0 spiro atoms. The van der Waals surface area contributed by atoms with E-state index in [0.717, 1.165) is 19.4 Å². The predicted octanol–water partition coefficient (Wildman–Crippen LogP) is 4.93. The van der Waals surface area contributed by atoms with Crippen LogP contribution in [-0.4, -0.2) is 89.0 Å². The number of carbonyl (C=O) groups excluding carboxylic acids is 1. The number of alkyl halides is 1. The second-order valence-electron chi connectivity index (χ2n) is 11.4. The highest BCUT2D eigenvalue weighted by atomic mass is 79.9. The fourth-order valence-electron chi connectivity index (χ4n) is 5.81. The van der Waals surface area contributed by atoms with Crippen LogP contribution in [0.3, 0.4) is 0 Å². The Bertz CT molecular complexity index is 1190. The summed E-state index contributed by atoms with van der Waals surface area (Å²) in [5.74, 6) is 0.0320. The number of fused-ring (bicyclic) bond motifs is 2.